The van der Waals surface area contributed by atoms with E-state index in [0.717, 1.165) is 12.8 Å². The maximum absolute atomic E-state index is 10.3. The normalized spacial score (nSPS) is 28.7. The van der Waals surface area contributed by atoms with Gasteiger partial charge < -0.3 is 16.2 Å². The molecule has 0 bridgehead atoms. The Bertz CT molecular complexity index is 173. The number of nitrogens with two attached hydrogens (primary N) is 1. The summed E-state index contributed by atoms with van der Waals surface area (Å²) < 4.78 is 0. The topological polar surface area (TPSA) is 75.3 Å². The second kappa shape index (κ2) is 5.19. The minimum Gasteiger partial charge on any atom is -0.480 e. The van der Waals surface area contributed by atoms with Gasteiger partial charge in [-0.15, -0.1) is 0 Å². The molecule has 2 unspecified atom stereocenters. The van der Waals surface area contributed by atoms with Crippen LogP contribution in [0.4, 0.5) is 0 Å². The molecule has 4 nitrogen and oxygen atoms in total. The van der Waals surface area contributed by atoms with E-state index in [1.54, 1.807) is 0 Å². The van der Waals surface area contributed by atoms with Gasteiger partial charge in [-0.05, 0) is 25.3 Å². The SMILES string of the molecule is NCC1CCCCC1NCC(=O)O. The van der Waals surface area contributed by atoms with E-state index in [1.807, 2.05) is 0 Å². The van der Waals surface area contributed by atoms with Gasteiger partial charge in [0.15, 0.2) is 0 Å². The van der Waals surface area contributed by atoms with Crippen LogP contribution in [-0.4, -0.2) is 30.2 Å². The molecule has 4 N–H and O–H groups in total. The molecule has 0 saturated heterocycles. The zero-order valence-corrected chi connectivity index (χ0v) is 7.83. The van der Waals surface area contributed by atoms with E-state index in [2.05, 4.69) is 5.32 Å². The van der Waals surface area contributed by atoms with Crippen LogP contribution in [0.25, 0.3) is 0 Å². The van der Waals surface area contributed by atoms with Crippen molar-refractivity contribution in [1.29, 1.82) is 0 Å². The third-order valence-electron chi connectivity index (χ3n) is 2.73. The number of hydrogen-bond donors (Lipinski definition) is 3. The number of carbonyl (C=O) groups is 1. The average molecular weight is 186 g/mol. The van der Waals surface area contributed by atoms with Gasteiger partial charge >= 0.3 is 5.97 Å². The molecule has 0 heterocycles. The lowest BCUT2D eigenvalue weighted by Gasteiger charge is -2.30. The second-order valence-electron chi connectivity index (χ2n) is 3.66. The Balaban J connectivity index is 2.31. The number of carboxylic acid groups (broad SMARTS) is 1. The quantitative estimate of drug-likeness (QED) is 0.585. The standard InChI is InChI=1S/C9H18N2O2/c10-5-7-3-1-2-4-8(7)11-6-9(12)13/h7-8,11H,1-6,10H2,(H,12,13). The first-order valence-corrected chi connectivity index (χ1v) is 4.89. The van der Waals surface area contributed by atoms with Crippen LogP contribution in [0.1, 0.15) is 25.7 Å². The van der Waals surface area contributed by atoms with Crippen LogP contribution in [0.15, 0.2) is 0 Å². The molecule has 1 rings (SSSR count). The first kappa shape index (κ1) is 10.5. The maximum Gasteiger partial charge on any atom is 0.317 e. The van der Waals surface area contributed by atoms with Crippen molar-refractivity contribution in [2.75, 3.05) is 13.1 Å². The Morgan fingerprint density at radius 1 is 1.46 bits per heavy atom. The average Bonchev–Trinajstić information content (AvgIpc) is 2.15. The molecule has 4 heteroatoms. The molecule has 0 aromatic heterocycles. The molecule has 13 heavy (non-hydrogen) atoms. The highest BCUT2D eigenvalue weighted by molar-refractivity contribution is 5.69. The van der Waals surface area contributed by atoms with Gasteiger partial charge in [0.1, 0.15) is 0 Å². The largest absolute Gasteiger partial charge is 0.480 e. The smallest absolute Gasteiger partial charge is 0.317 e. The molecule has 1 saturated carbocycles. The Hall–Kier alpha value is -0.610. The van der Waals surface area contributed by atoms with Crippen molar-refractivity contribution in [3.8, 4) is 0 Å². The third-order valence-corrected chi connectivity index (χ3v) is 2.73. The van der Waals surface area contributed by atoms with Crippen molar-refractivity contribution in [3.05, 3.63) is 0 Å². The highest BCUT2D eigenvalue weighted by Gasteiger charge is 2.23. The number of aliphatic carboxylic acids is 1. The Labute approximate surface area is 78.5 Å². The Morgan fingerprint density at radius 3 is 2.77 bits per heavy atom. The van der Waals surface area contributed by atoms with Gasteiger partial charge in [-0.3, -0.25) is 4.79 Å². The fourth-order valence-corrected chi connectivity index (χ4v) is 1.98. The molecule has 1 aliphatic rings. The fourth-order valence-electron chi connectivity index (χ4n) is 1.98. The lowest BCUT2D eigenvalue weighted by atomic mass is 9.84. The zero-order valence-electron chi connectivity index (χ0n) is 7.83. The molecule has 0 aromatic rings. The van der Waals surface area contributed by atoms with Crippen molar-refractivity contribution < 1.29 is 9.90 Å². The molecule has 0 radical (unpaired) electrons. The monoisotopic (exact) mass is 186 g/mol. The van der Waals surface area contributed by atoms with Gasteiger partial charge in [0.25, 0.3) is 0 Å². The highest BCUT2D eigenvalue weighted by atomic mass is 16.4. The summed E-state index contributed by atoms with van der Waals surface area (Å²) in [6, 6.07) is 0.315. The van der Waals surface area contributed by atoms with Crippen LogP contribution in [0, 0.1) is 5.92 Å². The predicted molar refractivity (Wildman–Crippen MR) is 50.4 cm³/mol. The van der Waals surface area contributed by atoms with E-state index < -0.39 is 5.97 Å². The van der Waals surface area contributed by atoms with Crippen molar-refractivity contribution in [2.45, 2.75) is 31.7 Å². The molecule has 1 fully saturated rings. The number of rotatable bonds is 4. The lowest BCUT2D eigenvalue weighted by Crippen LogP contribution is -2.43. The number of carboxylic acids is 1. The van der Waals surface area contributed by atoms with E-state index >= 15 is 0 Å². The molecular weight excluding hydrogens is 168 g/mol. The molecule has 0 aliphatic heterocycles. The first-order valence-electron chi connectivity index (χ1n) is 4.89. The minimum atomic E-state index is -0.790. The summed E-state index contributed by atoms with van der Waals surface area (Å²) in [6.07, 6.45) is 4.61. The summed E-state index contributed by atoms with van der Waals surface area (Å²) >= 11 is 0. The molecule has 0 spiro atoms. The van der Waals surface area contributed by atoms with Crippen LogP contribution in [0.3, 0.4) is 0 Å². The zero-order chi connectivity index (χ0) is 9.68. The summed E-state index contributed by atoms with van der Waals surface area (Å²) in [5.41, 5.74) is 5.61. The van der Waals surface area contributed by atoms with E-state index in [9.17, 15) is 4.79 Å². The predicted octanol–water partition coefficient (Wildman–Crippen LogP) is 0.178. The molecule has 76 valence electrons. The van der Waals surface area contributed by atoms with E-state index in [-0.39, 0.29) is 6.54 Å². The van der Waals surface area contributed by atoms with E-state index in [0.29, 0.717) is 18.5 Å². The summed E-state index contributed by atoms with van der Waals surface area (Å²) in [7, 11) is 0. The molecule has 0 amide bonds. The van der Waals surface area contributed by atoms with Crippen LogP contribution in [-0.2, 0) is 4.79 Å². The van der Waals surface area contributed by atoms with Gasteiger partial charge in [0.2, 0.25) is 0 Å². The maximum atomic E-state index is 10.3. The van der Waals surface area contributed by atoms with Gasteiger partial charge in [-0.25, -0.2) is 0 Å². The third kappa shape index (κ3) is 3.32. The molecule has 0 aromatic carbocycles. The van der Waals surface area contributed by atoms with E-state index in [1.165, 1.54) is 12.8 Å². The molecule has 2 atom stereocenters. The summed E-state index contributed by atoms with van der Waals surface area (Å²) in [6.45, 7) is 0.721. The Kier molecular flexibility index (Phi) is 4.18. The molecular formula is C9H18N2O2. The van der Waals surface area contributed by atoms with Crippen LogP contribution < -0.4 is 11.1 Å². The summed E-state index contributed by atoms with van der Waals surface area (Å²) in [4.78, 5) is 10.3. The minimum absolute atomic E-state index is 0.0567. The summed E-state index contributed by atoms with van der Waals surface area (Å²) in [5.74, 6) is -0.325. The van der Waals surface area contributed by atoms with Crippen molar-refractivity contribution in [2.24, 2.45) is 11.7 Å². The Morgan fingerprint density at radius 2 is 2.15 bits per heavy atom. The number of hydrogen-bond acceptors (Lipinski definition) is 3. The van der Waals surface area contributed by atoms with Crippen molar-refractivity contribution in [3.63, 3.8) is 0 Å². The van der Waals surface area contributed by atoms with Gasteiger partial charge in [-0.2, -0.15) is 0 Å². The van der Waals surface area contributed by atoms with Crippen molar-refractivity contribution >= 4 is 5.97 Å². The lowest BCUT2D eigenvalue weighted by molar-refractivity contribution is -0.136. The van der Waals surface area contributed by atoms with Crippen LogP contribution >= 0.6 is 0 Å². The first-order chi connectivity index (χ1) is 6.24. The van der Waals surface area contributed by atoms with Crippen molar-refractivity contribution in [1.82, 2.24) is 5.32 Å². The molecule has 1 aliphatic carbocycles. The van der Waals surface area contributed by atoms with Gasteiger partial charge in [-0.1, -0.05) is 12.8 Å². The highest BCUT2D eigenvalue weighted by Crippen LogP contribution is 2.23. The van der Waals surface area contributed by atoms with Gasteiger partial charge in [0, 0.05) is 6.04 Å². The number of nitrogens with one attached hydrogen (secondary N) is 1. The van der Waals surface area contributed by atoms with E-state index in [4.69, 9.17) is 10.8 Å². The van der Waals surface area contributed by atoms with Gasteiger partial charge in [0.05, 0.1) is 6.54 Å². The van der Waals surface area contributed by atoms with Crippen LogP contribution in [0.5, 0.6) is 0 Å². The summed E-state index contributed by atoms with van der Waals surface area (Å²) in [5, 5.41) is 11.6. The fraction of sp³-hybridized carbons (Fsp3) is 0.889. The van der Waals surface area contributed by atoms with Crippen LogP contribution in [0.2, 0.25) is 0 Å². The second-order valence-corrected chi connectivity index (χ2v) is 3.66.